The van der Waals surface area contributed by atoms with Crippen LogP contribution in [0.25, 0.3) is 0 Å². The van der Waals surface area contributed by atoms with Crippen molar-refractivity contribution in [1.82, 2.24) is 0 Å². The smallest absolute Gasteiger partial charge is 0.434 e. The third kappa shape index (κ3) is 3.36. The maximum atomic E-state index is 11.4. The Labute approximate surface area is 93.1 Å². The lowest BCUT2D eigenvalue weighted by molar-refractivity contribution is -0.141. The summed E-state index contributed by atoms with van der Waals surface area (Å²) in [6.45, 7) is 1.76. The number of carbonyl (C=O) groups excluding carboxylic acids is 2. The summed E-state index contributed by atoms with van der Waals surface area (Å²) in [6, 6.07) is 7.66. The molecule has 1 aromatic rings. The summed E-state index contributed by atoms with van der Waals surface area (Å²) in [5.41, 5.74) is 6.18. The zero-order chi connectivity index (χ0) is 12.0. The maximum absolute atomic E-state index is 11.4. The Morgan fingerprint density at radius 1 is 1.31 bits per heavy atom. The predicted octanol–water partition coefficient (Wildman–Crippen LogP) is 1.39. The molecule has 1 aromatic carbocycles. The molecule has 0 amide bonds. The third-order valence-corrected chi connectivity index (χ3v) is 1.86. The van der Waals surface area contributed by atoms with Gasteiger partial charge in [0.1, 0.15) is 6.04 Å². The fourth-order valence-corrected chi connectivity index (χ4v) is 1.09. The van der Waals surface area contributed by atoms with Crippen molar-refractivity contribution in [3.63, 3.8) is 0 Å². The Balaban J connectivity index is 2.58. The summed E-state index contributed by atoms with van der Waals surface area (Å²) in [5.74, 6) is -0.829. The molecule has 0 spiro atoms. The van der Waals surface area contributed by atoms with Crippen LogP contribution in [0.4, 0.5) is 4.79 Å². The average Bonchev–Trinajstić information content (AvgIpc) is 2.29. The van der Waals surface area contributed by atoms with Gasteiger partial charge < -0.3 is 15.2 Å². The Morgan fingerprint density at radius 3 is 2.50 bits per heavy atom. The second kappa shape index (κ2) is 5.87. The van der Waals surface area contributed by atoms with E-state index in [1.165, 1.54) is 0 Å². The molecule has 1 unspecified atom stereocenters. The number of benzene rings is 1. The van der Waals surface area contributed by atoms with Crippen LogP contribution in [0.5, 0.6) is 0 Å². The predicted molar refractivity (Wildman–Crippen MR) is 56.5 cm³/mol. The monoisotopic (exact) mass is 223 g/mol. The molecule has 86 valence electrons. The van der Waals surface area contributed by atoms with E-state index in [0.717, 1.165) is 0 Å². The second-order valence-corrected chi connectivity index (χ2v) is 2.99. The van der Waals surface area contributed by atoms with Crippen molar-refractivity contribution in [2.45, 2.75) is 13.0 Å². The van der Waals surface area contributed by atoms with Crippen molar-refractivity contribution in [3.8, 4) is 0 Å². The molecule has 5 nitrogen and oxygen atoms in total. The molecule has 0 aliphatic heterocycles. The van der Waals surface area contributed by atoms with E-state index in [2.05, 4.69) is 9.47 Å². The van der Waals surface area contributed by atoms with Crippen LogP contribution in [0.2, 0.25) is 0 Å². The Hall–Kier alpha value is -1.88. The first-order valence-electron chi connectivity index (χ1n) is 4.84. The van der Waals surface area contributed by atoms with Crippen LogP contribution in [0.3, 0.4) is 0 Å². The van der Waals surface area contributed by atoms with Crippen LogP contribution < -0.4 is 5.73 Å². The highest BCUT2D eigenvalue weighted by atomic mass is 16.7. The maximum Gasteiger partial charge on any atom is 0.516 e. The van der Waals surface area contributed by atoms with E-state index in [1.54, 1.807) is 37.3 Å². The van der Waals surface area contributed by atoms with Gasteiger partial charge in [-0.3, -0.25) is 0 Å². The molecule has 0 aliphatic carbocycles. The van der Waals surface area contributed by atoms with E-state index in [0.29, 0.717) is 5.56 Å². The number of ether oxygens (including phenoxy) is 2. The summed E-state index contributed by atoms with van der Waals surface area (Å²) >= 11 is 0. The molecule has 2 N–H and O–H groups in total. The topological polar surface area (TPSA) is 78.6 Å². The minimum atomic E-state index is -1.03. The van der Waals surface area contributed by atoms with Gasteiger partial charge in [-0.1, -0.05) is 30.3 Å². The number of hydrogen-bond donors (Lipinski definition) is 1. The van der Waals surface area contributed by atoms with E-state index >= 15 is 0 Å². The van der Waals surface area contributed by atoms with E-state index in [4.69, 9.17) is 5.73 Å². The van der Waals surface area contributed by atoms with Gasteiger partial charge >= 0.3 is 12.1 Å². The third-order valence-electron chi connectivity index (χ3n) is 1.86. The van der Waals surface area contributed by atoms with E-state index in [-0.39, 0.29) is 6.61 Å². The van der Waals surface area contributed by atoms with Gasteiger partial charge in [0.15, 0.2) is 0 Å². The van der Waals surface area contributed by atoms with E-state index in [1.807, 2.05) is 0 Å². The standard InChI is InChI=1S/C11H13NO4/c1-2-15-11(14)16-10(13)9(12)8-6-4-3-5-7-8/h3-7,9H,2,12H2,1H3. The molecule has 1 atom stereocenters. The van der Waals surface area contributed by atoms with Crippen LogP contribution in [0.15, 0.2) is 30.3 Å². The molecule has 1 rings (SSSR count). The molecule has 0 aliphatic rings. The minimum absolute atomic E-state index is 0.146. The van der Waals surface area contributed by atoms with Crippen molar-refractivity contribution >= 4 is 12.1 Å². The summed E-state index contributed by atoms with van der Waals surface area (Å²) in [5, 5.41) is 0. The largest absolute Gasteiger partial charge is 0.516 e. The normalized spacial score (nSPS) is 11.6. The Kier molecular flexibility index (Phi) is 4.47. The van der Waals surface area contributed by atoms with Crippen LogP contribution in [-0.4, -0.2) is 18.7 Å². The zero-order valence-corrected chi connectivity index (χ0v) is 8.88. The first kappa shape index (κ1) is 12.2. The first-order chi connectivity index (χ1) is 7.65. The van der Waals surface area contributed by atoms with Gasteiger partial charge in [-0.2, -0.15) is 0 Å². The number of esters is 1. The molecule has 5 heteroatoms. The lowest BCUT2D eigenvalue weighted by atomic mass is 10.1. The fraction of sp³-hybridized carbons (Fsp3) is 0.273. The van der Waals surface area contributed by atoms with Gasteiger partial charge in [0.05, 0.1) is 6.61 Å². The molecule has 0 heterocycles. The van der Waals surface area contributed by atoms with Gasteiger partial charge in [0.2, 0.25) is 0 Å². The lowest BCUT2D eigenvalue weighted by Crippen LogP contribution is -2.26. The highest BCUT2D eigenvalue weighted by Crippen LogP contribution is 2.11. The summed E-state index contributed by atoms with van der Waals surface area (Å²) in [7, 11) is 0. The van der Waals surface area contributed by atoms with Crippen LogP contribution in [-0.2, 0) is 14.3 Å². The number of nitrogens with two attached hydrogens (primary N) is 1. The molecular weight excluding hydrogens is 210 g/mol. The second-order valence-electron chi connectivity index (χ2n) is 2.99. The summed E-state index contributed by atoms with van der Waals surface area (Å²) in [6.07, 6.45) is -1.03. The Bertz CT molecular complexity index is 364. The average molecular weight is 223 g/mol. The lowest BCUT2D eigenvalue weighted by Gasteiger charge is -2.09. The highest BCUT2D eigenvalue weighted by Gasteiger charge is 2.20. The summed E-state index contributed by atoms with van der Waals surface area (Å²) in [4.78, 5) is 22.2. The SMILES string of the molecule is CCOC(=O)OC(=O)C(N)c1ccccc1. The fourth-order valence-electron chi connectivity index (χ4n) is 1.09. The van der Waals surface area contributed by atoms with Crippen molar-refractivity contribution in [2.75, 3.05) is 6.61 Å². The van der Waals surface area contributed by atoms with Crippen LogP contribution in [0.1, 0.15) is 18.5 Å². The van der Waals surface area contributed by atoms with Crippen molar-refractivity contribution in [2.24, 2.45) is 5.73 Å². The number of carbonyl (C=O) groups is 2. The van der Waals surface area contributed by atoms with Crippen molar-refractivity contribution in [1.29, 1.82) is 0 Å². The van der Waals surface area contributed by atoms with Crippen LogP contribution >= 0.6 is 0 Å². The van der Waals surface area contributed by atoms with E-state index < -0.39 is 18.2 Å². The van der Waals surface area contributed by atoms with Gasteiger partial charge in [-0.15, -0.1) is 0 Å². The van der Waals surface area contributed by atoms with Crippen molar-refractivity contribution < 1.29 is 19.1 Å². The molecule has 0 bridgehead atoms. The first-order valence-corrected chi connectivity index (χ1v) is 4.84. The Morgan fingerprint density at radius 2 is 1.94 bits per heavy atom. The van der Waals surface area contributed by atoms with Gasteiger partial charge in [-0.25, -0.2) is 9.59 Å². The van der Waals surface area contributed by atoms with Gasteiger partial charge in [0.25, 0.3) is 0 Å². The number of rotatable bonds is 3. The quantitative estimate of drug-likeness (QED) is 0.618. The molecule has 0 saturated heterocycles. The molecule has 0 saturated carbocycles. The van der Waals surface area contributed by atoms with Gasteiger partial charge in [-0.05, 0) is 12.5 Å². The summed E-state index contributed by atoms with van der Waals surface area (Å²) < 4.78 is 8.84. The minimum Gasteiger partial charge on any atom is -0.434 e. The zero-order valence-electron chi connectivity index (χ0n) is 8.88. The molecule has 0 fully saturated rings. The van der Waals surface area contributed by atoms with E-state index in [9.17, 15) is 9.59 Å². The van der Waals surface area contributed by atoms with Crippen LogP contribution in [0, 0.1) is 0 Å². The molecule has 0 radical (unpaired) electrons. The van der Waals surface area contributed by atoms with Crippen molar-refractivity contribution in [3.05, 3.63) is 35.9 Å². The molecule has 0 aromatic heterocycles. The molecular formula is C11H13NO4. The molecule has 16 heavy (non-hydrogen) atoms. The van der Waals surface area contributed by atoms with Gasteiger partial charge in [0, 0.05) is 0 Å². The highest BCUT2D eigenvalue weighted by molar-refractivity contribution is 5.86. The number of hydrogen-bond acceptors (Lipinski definition) is 5.